The quantitative estimate of drug-likeness (QED) is 0.750. The predicted octanol–water partition coefficient (Wildman–Crippen LogP) is 1.90. The minimum Gasteiger partial charge on any atom is -0.361 e. The summed E-state index contributed by atoms with van der Waals surface area (Å²) in [6.45, 7) is 0.593. The first kappa shape index (κ1) is 17.6. The van der Waals surface area contributed by atoms with E-state index in [1.807, 2.05) is 24.4 Å². The second kappa shape index (κ2) is 7.05. The fourth-order valence-electron chi connectivity index (χ4n) is 3.72. The van der Waals surface area contributed by atoms with Crippen LogP contribution in [0.25, 0.3) is 10.9 Å². The number of anilines is 1. The van der Waals surface area contributed by atoms with E-state index in [0.717, 1.165) is 41.4 Å². The first-order valence-corrected chi connectivity index (χ1v) is 9.43. The third kappa shape index (κ3) is 3.53. The molecule has 0 spiro atoms. The fraction of sp³-hybridized carbons (Fsp3) is 0.450. The summed E-state index contributed by atoms with van der Waals surface area (Å²) in [6, 6.07) is 6.84. The van der Waals surface area contributed by atoms with Gasteiger partial charge in [0.05, 0.1) is 12.1 Å². The Hall–Kier alpha value is -2.85. The number of nitrogens with one attached hydrogen (secondary N) is 2. The number of nitrogens with two attached hydrogens (primary N) is 1. The van der Waals surface area contributed by atoms with Crippen LogP contribution in [-0.2, 0) is 16.0 Å². The Labute approximate surface area is 157 Å². The van der Waals surface area contributed by atoms with E-state index in [2.05, 4.69) is 16.4 Å². The summed E-state index contributed by atoms with van der Waals surface area (Å²) in [5, 5.41) is 13.1. The highest BCUT2D eigenvalue weighted by Gasteiger charge is 2.32. The van der Waals surface area contributed by atoms with E-state index in [1.54, 1.807) is 4.90 Å². The molecule has 140 valence electrons. The molecule has 2 atom stereocenters. The van der Waals surface area contributed by atoms with Gasteiger partial charge in [-0.15, -0.1) is 0 Å². The van der Waals surface area contributed by atoms with Crippen molar-refractivity contribution in [2.24, 2.45) is 11.7 Å². The van der Waals surface area contributed by atoms with Crippen LogP contribution in [0.2, 0.25) is 0 Å². The van der Waals surface area contributed by atoms with Gasteiger partial charge in [0, 0.05) is 35.2 Å². The number of aromatic nitrogens is 1. The van der Waals surface area contributed by atoms with E-state index in [-0.39, 0.29) is 23.8 Å². The second-order valence-corrected chi connectivity index (χ2v) is 7.47. The number of H-pyrrole nitrogens is 1. The molecule has 2 aromatic rings. The number of hydrogen-bond donors (Lipinski definition) is 3. The van der Waals surface area contributed by atoms with Crippen LogP contribution in [-0.4, -0.2) is 40.3 Å². The van der Waals surface area contributed by atoms with Crippen LogP contribution in [0.1, 0.15) is 31.2 Å². The summed E-state index contributed by atoms with van der Waals surface area (Å²) in [5.74, 6) is 0.0347. The third-order valence-corrected chi connectivity index (χ3v) is 5.43. The number of rotatable bonds is 5. The average molecular weight is 365 g/mol. The second-order valence-electron chi connectivity index (χ2n) is 7.47. The standard InChI is InChI=1S/C20H23N5O2/c21-10-15-2-1-7-25(15)20(27)17(22)8-13-11-23-18-6-5-14(9-16(13)18)24-19(26)12-3-4-12/h5-6,9,11-12,15,17,23H,1-4,7-8,22H2,(H,24,26)/t15-,17-/m0/s1. The molecule has 1 saturated carbocycles. The maximum atomic E-state index is 12.7. The predicted molar refractivity (Wildman–Crippen MR) is 102 cm³/mol. The smallest absolute Gasteiger partial charge is 0.240 e. The lowest BCUT2D eigenvalue weighted by Gasteiger charge is -2.23. The molecular weight excluding hydrogens is 342 g/mol. The van der Waals surface area contributed by atoms with Gasteiger partial charge in [0.2, 0.25) is 11.8 Å². The summed E-state index contributed by atoms with van der Waals surface area (Å²) in [4.78, 5) is 29.4. The van der Waals surface area contributed by atoms with Crippen LogP contribution in [0.3, 0.4) is 0 Å². The fourth-order valence-corrected chi connectivity index (χ4v) is 3.72. The first-order valence-electron chi connectivity index (χ1n) is 9.43. The van der Waals surface area contributed by atoms with Crippen LogP contribution in [0.15, 0.2) is 24.4 Å². The Morgan fingerprint density at radius 3 is 2.93 bits per heavy atom. The molecule has 2 heterocycles. The van der Waals surface area contributed by atoms with E-state index >= 15 is 0 Å². The maximum absolute atomic E-state index is 12.7. The van der Waals surface area contributed by atoms with Gasteiger partial charge < -0.3 is 20.9 Å². The average Bonchev–Trinajstić information content (AvgIpc) is 3.30. The molecule has 7 heteroatoms. The van der Waals surface area contributed by atoms with Gasteiger partial charge in [0.1, 0.15) is 6.04 Å². The zero-order valence-corrected chi connectivity index (χ0v) is 15.1. The van der Waals surface area contributed by atoms with Gasteiger partial charge in [-0.3, -0.25) is 9.59 Å². The molecule has 1 saturated heterocycles. The van der Waals surface area contributed by atoms with Gasteiger partial charge in [-0.05, 0) is 55.9 Å². The van der Waals surface area contributed by atoms with E-state index < -0.39 is 6.04 Å². The van der Waals surface area contributed by atoms with Crippen molar-refractivity contribution < 1.29 is 9.59 Å². The van der Waals surface area contributed by atoms with Gasteiger partial charge in [-0.25, -0.2) is 0 Å². The molecule has 0 radical (unpaired) electrons. The normalized spacial score (nSPS) is 20.4. The van der Waals surface area contributed by atoms with Gasteiger partial charge in [-0.2, -0.15) is 5.26 Å². The number of aromatic amines is 1. The number of hydrogen-bond acceptors (Lipinski definition) is 4. The van der Waals surface area contributed by atoms with E-state index in [4.69, 9.17) is 5.73 Å². The number of fused-ring (bicyclic) bond motifs is 1. The summed E-state index contributed by atoms with van der Waals surface area (Å²) in [7, 11) is 0. The van der Waals surface area contributed by atoms with Crippen molar-refractivity contribution in [3.63, 3.8) is 0 Å². The topological polar surface area (TPSA) is 115 Å². The molecule has 4 rings (SSSR count). The van der Waals surface area contributed by atoms with Crippen molar-refractivity contribution in [1.82, 2.24) is 9.88 Å². The molecule has 2 aliphatic rings. The summed E-state index contributed by atoms with van der Waals surface area (Å²) in [6.07, 6.45) is 5.71. The van der Waals surface area contributed by atoms with Crippen LogP contribution < -0.4 is 11.1 Å². The molecule has 1 aromatic heterocycles. The van der Waals surface area contributed by atoms with E-state index in [0.29, 0.717) is 19.4 Å². The SMILES string of the molecule is N#C[C@@H]1CCCN1C(=O)[C@@H](N)Cc1c[nH]c2ccc(NC(=O)C3CC3)cc12. The van der Waals surface area contributed by atoms with Crippen LogP contribution in [0.5, 0.6) is 0 Å². The van der Waals surface area contributed by atoms with Crippen molar-refractivity contribution in [2.45, 2.75) is 44.2 Å². The minimum absolute atomic E-state index is 0.0647. The highest BCUT2D eigenvalue weighted by Crippen LogP contribution is 2.31. The van der Waals surface area contributed by atoms with Crippen LogP contribution in [0.4, 0.5) is 5.69 Å². The minimum atomic E-state index is -0.692. The number of likely N-dealkylation sites (tertiary alicyclic amines) is 1. The van der Waals surface area contributed by atoms with Gasteiger partial charge in [0.25, 0.3) is 0 Å². The zero-order chi connectivity index (χ0) is 19.0. The molecule has 27 heavy (non-hydrogen) atoms. The largest absolute Gasteiger partial charge is 0.361 e. The Balaban J connectivity index is 1.50. The summed E-state index contributed by atoms with van der Waals surface area (Å²) in [5.41, 5.74) is 8.80. The van der Waals surface area contributed by atoms with Crippen molar-refractivity contribution >= 4 is 28.4 Å². The molecular formula is C20H23N5O2. The molecule has 0 bridgehead atoms. The number of carbonyl (C=O) groups is 2. The molecule has 1 aliphatic heterocycles. The molecule has 2 fully saturated rings. The number of nitrogens with zero attached hydrogens (tertiary/aromatic N) is 2. The van der Waals surface area contributed by atoms with Gasteiger partial charge >= 0.3 is 0 Å². The van der Waals surface area contributed by atoms with Crippen molar-refractivity contribution in [2.75, 3.05) is 11.9 Å². The van der Waals surface area contributed by atoms with Crippen molar-refractivity contribution in [3.8, 4) is 6.07 Å². The monoisotopic (exact) mass is 365 g/mol. The number of carbonyl (C=O) groups excluding carboxylic acids is 2. The van der Waals surface area contributed by atoms with E-state index in [1.165, 1.54) is 0 Å². The zero-order valence-electron chi connectivity index (χ0n) is 15.1. The third-order valence-electron chi connectivity index (χ3n) is 5.43. The van der Waals surface area contributed by atoms with Gasteiger partial charge in [0.15, 0.2) is 0 Å². The molecule has 0 unspecified atom stereocenters. The molecule has 1 aliphatic carbocycles. The highest BCUT2D eigenvalue weighted by atomic mass is 16.2. The molecule has 7 nitrogen and oxygen atoms in total. The molecule has 2 amide bonds. The van der Waals surface area contributed by atoms with Crippen molar-refractivity contribution in [1.29, 1.82) is 5.26 Å². The number of amides is 2. The van der Waals surface area contributed by atoms with Crippen molar-refractivity contribution in [3.05, 3.63) is 30.0 Å². The van der Waals surface area contributed by atoms with Gasteiger partial charge in [-0.1, -0.05) is 0 Å². The number of benzene rings is 1. The molecule has 4 N–H and O–H groups in total. The van der Waals surface area contributed by atoms with Crippen LogP contribution >= 0.6 is 0 Å². The lowest BCUT2D eigenvalue weighted by Crippen LogP contribution is -2.46. The Bertz CT molecular complexity index is 924. The Morgan fingerprint density at radius 1 is 1.37 bits per heavy atom. The Morgan fingerprint density at radius 2 is 2.19 bits per heavy atom. The number of nitriles is 1. The Kier molecular flexibility index (Phi) is 4.58. The maximum Gasteiger partial charge on any atom is 0.240 e. The lowest BCUT2D eigenvalue weighted by atomic mass is 10.0. The lowest BCUT2D eigenvalue weighted by molar-refractivity contribution is -0.132. The highest BCUT2D eigenvalue weighted by molar-refractivity contribution is 5.97. The summed E-state index contributed by atoms with van der Waals surface area (Å²) >= 11 is 0. The molecule has 1 aromatic carbocycles. The summed E-state index contributed by atoms with van der Waals surface area (Å²) < 4.78 is 0. The van der Waals surface area contributed by atoms with Crippen LogP contribution in [0, 0.1) is 17.2 Å². The van der Waals surface area contributed by atoms with E-state index in [9.17, 15) is 14.9 Å². The first-order chi connectivity index (χ1) is 13.1.